The minimum atomic E-state index is 0.215. The minimum absolute atomic E-state index is 0.215. The van der Waals surface area contributed by atoms with Crippen LogP contribution in [0.1, 0.15) is 77.0 Å². The number of nitrogens with one attached hydrogen (secondary N) is 2. The van der Waals surface area contributed by atoms with Gasteiger partial charge in [0.05, 0.1) is 5.71 Å². The molecule has 0 amide bonds. The van der Waals surface area contributed by atoms with Crippen LogP contribution in [0.5, 0.6) is 0 Å². The zero-order chi connectivity index (χ0) is 17.2. The number of hydrogen-bond acceptors (Lipinski definition) is 3. The van der Waals surface area contributed by atoms with Crippen LogP contribution in [0.15, 0.2) is 47.1 Å². The van der Waals surface area contributed by atoms with E-state index in [1.165, 1.54) is 75.5 Å². The van der Waals surface area contributed by atoms with Crippen LogP contribution in [0.4, 0.5) is 5.69 Å². The highest BCUT2D eigenvalue weighted by Crippen LogP contribution is 2.21. The third kappa shape index (κ3) is 6.22. The number of hydrazone groups is 1. The molecule has 1 unspecified atom stereocenters. The van der Waals surface area contributed by atoms with Gasteiger partial charge in [-0.05, 0) is 69.1 Å². The molecule has 0 radical (unpaired) electrons. The summed E-state index contributed by atoms with van der Waals surface area (Å²) in [7, 11) is 0. The van der Waals surface area contributed by atoms with E-state index >= 15 is 0 Å². The highest BCUT2D eigenvalue weighted by molar-refractivity contribution is 5.99. The second-order valence-electron chi connectivity index (χ2n) is 7.39. The molecule has 1 aliphatic carbocycles. The first-order valence-corrected chi connectivity index (χ1v) is 10.2. The number of allylic oxidation sites excluding steroid dienone is 2. The van der Waals surface area contributed by atoms with Gasteiger partial charge in [-0.1, -0.05) is 50.0 Å². The van der Waals surface area contributed by atoms with Gasteiger partial charge in [0.15, 0.2) is 0 Å². The average Bonchev–Trinajstić information content (AvgIpc) is 2.85. The van der Waals surface area contributed by atoms with Gasteiger partial charge in [-0.2, -0.15) is 5.10 Å². The molecule has 0 aromatic heterocycles. The monoisotopic (exact) mass is 339 g/mol. The van der Waals surface area contributed by atoms with Crippen molar-refractivity contribution in [1.29, 1.82) is 0 Å². The van der Waals surface area contributed by atoms with Gasteiger partial charge in [-0.25, -0.2) is 0 Å². The van der Waals surface area contributed by atoms with Gasteiger partial charge < -0.3 is 5.32 Å². The van der Waals surface area contributed by atoms with Crippen molar-refractivity contribution in [3.63, 3.8) is 0 Å². The lowest BCUT2D eigenvalue weighted by molar-refractivity contribution is 0.519. The number of nitrogens with zero attached hydrogens (tertiary/aromatic N) is 1. The molecule has 0 saturated heterocycles. The van der Waals surface area contributed by atoms with E-state index in [2.05, 4.69) is 47.2 Å². The molecule has 136 valence electrons. The van der Waals surface area contributed by atoms with Crippen molar-refractivity contribution in [2.75, 3.05) is 5.32 Å². The van der Waals surface area contributed by atoms with Crippen molar-refractivity contribution >= 4 is 11.4 Å². The molecule has 0 fully saturated rings. The summed E-state index contributed by atoms with van der Waals surface area (Å²) in [5.41, 5.74) is 7.43. The highest BCUT2D eigenvalue weighted by atomic mass is 15.4. The lowest BCUT2D eigenvalue weighted by Crippen LogP contribution is -2.33. The van der Waals surface area contributed by atoms with Gasteiger partial charge in [-0.15, -0.1) is 0 Å². The Bertz CT molecular complexity index is 562. The standard InChI is InChI=1S/C22H33N3/c1-2-4-8-14-19(13-7-3-1)21-17-11-6-12-18-22(25-24-21)23-20-15-9-5-10-16-20/h5,9-10,13,15-16,22-23,25H,1-4,6-8,11-12,14,17-18H2. The molecular weight excluding hydrogens is 306 g/mol. The second kappa shape index (κ2) is 10.3. The number of para-hydroxylation sites is 1. The van der Waals surface area contributed by atoms with Gasteiger partial charge in [-0.3, -0.25) is 5.43 Å². The van der Waals surface area contributed by atoms with Crippen molar-refractivity contribution in [2.24, 2.45) is 5.10 Å². The lowest BCUT2D eigenvalue weighted by Gasteiger charge is -2.20. The van der Waals surface area contributed by atoms with Crippen LogP contribution < -0.4 is 10.7 Å². The number of anilines is 1. The molecule has 2 aliphatic rings. The van der Waals surface area contributed by atoms with Crippen molar-refractivity contribution in [1.82, 2.24) is 5.43 Å². The Balaban J connectivity index is 1.68. The third-order valence-electron chi connectivity index (χ3n) is 5.29. The molecule has 0 spiro atoms. The summed E-state index contributed by atoms with van der Waals surface area (Å²) < 4.78 is 0. The van der Waals surface area contributed by atoms with Gasteiger partial charge in [0.25, 0.3) is 0 Å². The Labute approximate surface area is 153 Å². The summed E-state index contributed by atoms with van der Waals surface area (Å²) in [5.74, 6) is 0. The van der Waals surface area contributed by atoms with Crippen molar-refractivity contribution in [2.45, 2.75) is 83.2 Å². The molecule has 1 aromatic rings. The molecule has 1 atom stereocenters. The third-order valence-corrected chi connectivity index (χ3v) is 5.29. The Morgan fingerprint density at radius 1 is 0.840 bits per heavy atom. The molecule has 3 rings (SSSR count). The van der Waals surface area contributed by atoms with E-state index in [1.807, 2.05) is 0 Å². The van der Waals surface area contributed by atoms with E-state index in [-0.39, 0.29) is 6.17 Å². The fraction of sp³-hybridized carbons (Fsp3) is 0.591. The van der Waals surface area contributed by atoms with Gasteiger partial charge in [0, 0.05) is 5.69 Å². The second-order valence-corrected chi connectivity index (χ2v) is 7.39. The maximum atomic E-state index is 4.88. The number of benzene rings is 1. The predicted molar refractivity (Wildman–Crippen MR) is 108 cm³/mol. The molecular formula is C22H33N3. The molecule has 1 aromatic carbocycles. The molecule has 3 heteroatoms. The molecule has 0 bridgehead atoms. The van der Waals surface area contributed by atoms with Crippen molar-refractivity contribution < 1.29 is 0 Å². The smallest absolute Gasteiger partial charge is 0.113 e. The van der Waals surface area contributed by atoms with E-state index in [9.17, 15) is 0 Å². The fourth-order valence-corrected chi connectivity index (χ4v) is 3.80. The fourth-order valence-electron chi connectivity index (χ4n) is 3.80. The SMILES string of the molecule is C1=C(C2=NNC(Nc3ccccc3)CCCCC2)CCCCCCC1. The van der Waals surface area contributed by atoms with E-state index in [0.717, 1.165) is 18.5 Å². The zero-order valence-electron chi connectivity index (χ0n) is 15.5. The summed E-state index contributed by atoms with van der Waals surface area (Å²) in [5, 5.41) is 8.48. The Morgan fingerprint density at radius 3 is 2.52 bits per heavy atom. The van der Waals surface area contributed by atoms with Gasteiger partial charge in [0.1, 0.15) is 6.17 Å². The van der Waals surface area contributed by atoms with E-state index < -0.39 is 0 Å². The quantitative estimate of drug-likeness (QED) is 0.708. The van der Waals surface area contributed by atoms with Crippen LogP contribution in [0, 0.1) is 0 Å². The highest BCUT2D eigenvalue weighted by Gasteiger charge is 2.14. The maximum absolute atomic E-state index is 4.88. The minimum Gasteiger partial charge on any atom is -0.364 e. The number of hydrogen-bond donors (Lipinski definition) is 2. The van der Waals surface area contributed by atoms with Gasteiger partial charge >= 0.3 is 0 Å². The van der Waals surface area contributed by atoms with Crippen LogP contribution in [-0.4, -0.2) is 11.9 Å². The molecule has 3 nitrogen and oxygen atoms in total. The van der Waals surface area contributed by atoms with Crippen molar-refractivity contribution in [3.05, 3.63) is 42.0 Å². The number of rotatable bonds is 3. The van der Waals surface area contributed by atoms with Crippen LogP contribution in [0.3, 0.4) is 0 Å². The molecule has 1 aliphatic heterocycles. The molecule has 1 heterocycles. The first-order chi connectivity index (χ1) is 12.4. The van der Waals surface area contributed by atoms with Crippen LogP contribution >= 0.6 is 0 Å². The van der Waals surface area contributed by atoms with E-state index in [1.54, 1.807) is 0 Å². The summed E-state index contributed by atoms with van der Waals surface area (Å²) >= 11 is 0. The van der Waals surface area contributed by atoms with Crippen molar-refractivity contribution in [3.8, 4) is 0 Å². The normalized spacial score (nSPS) is 23.3. The summed E-state index contributed by atoms with van der Waals surface area (Å²) in [4.78, 5) is 0. The summed E-state index contributed by atoms with van der Waals surface area (Å²) in [6.07, 6.45) is 18.0. The molecule has 2 N–H and O–H groups in total. The average molecular weight is 340 g/mol. The summed E-state index contributed by atoms with van der Waals surface area (Å²) in [6, 6.07) is 10.5. The first-order valence-electron chi connectivity index (χ1n) is 10.2. The zero-order valence-corrected chi connectivity index (χ0v) is 15.5. The summed E-state index contributed by atoms with van der Waals surface area (Å²) in [6.45, 7) is 0. The molecule has 25 heavy (non-hydrogen) atoms. The Morgan fingerprint density at radius 2 is 1.60 bits per heavy atom. The first kappa shape index (κ1) is 18.0. The molecule has 0 saturated carbocycles. The Hall–Kier alpha value is -1.77. The largest absolute Gasteiger partial charge is 0.364 e. The van der Waals surface area contributed by atoms with E-state index in [4.69, 9.17) is 5.10 Å². The maximum Gasteiger partial charge on any atom is 0.113 e. The van der Waals surface area contributed by atoms with Crippen LogP contribution in [0.2, 0.25) is 0 Å². The lowest BCUT2D eigenvalue weighted by atomic mass is 9.98. The van der Waals surface area contributed by atoms with Crippen LogP contribution in [0.25, 0.3) is 0 Å². The topological polar surface area (TPSA) is 36.4 Å². The van der Waals surface area contributed by atoms with Gasteiger partial charge in [0.2, 0.25) is 0 Å². The van der Waals surface area contributed by atoms with E-state index in [0.29, 0.717) is 0 Å². The van der Waals surface area contributed by atoms with Crippen LogP contribution in [-0.2, 0) is 0 Å². The Kier molecular flexibility index (Phi) is 7.41. The predicted octanol–water partition coefficient (Wildman–Crippen LogP) is 6.01.